The fraction of sp³-hybridized carbons (Fsp3) is 0.167. The largest absolute Gasteiger partial charge is 0.503 e. The number of hydrogen-bond acceptors (Lipinski definition) is 5. The van der Waals surface area contributed by atoms with Crippen LogP contribution in [0.25, 0.3) is 0 Å². The van der Waals surface area contributed by atoms with Crippen LogP contribution < -0.4 is 22.0 Å². The van der Waals surface area contributed by atoms with E-state index in [2.05, 4.69) is 9.82 Å². The highest BCUT2D eigenvalue weighted by Gasteiger charge is 2.12. The molecule has 0 saturated carbocycles. The maximum Gasteiger partial charge on any atom is 0.292 e. The second-order valence-electron chi connectivity index (χ2n) is 2.29. The number of pyridine rings is 1. The van der Waals surface area contributed by atoms with Gasteiger partial charge in [-0.2, -0.15) is 5.90 Å². The van der Waals surface area contributed by atoms with Crippen molar-refractivity contribution in [3.05, 3.63) is 15.9 Å². The lowest BCUT2D eigenvalue weighted by Crippen LogP contribution is -2.14. The third-order valence-electron chi connectivity index (χ3n) is 1.52. The SMILES string of the molecule is Cc1c(ON)c(N)[nH]c(=O)c1O. The zero-order valence-electron chi connectivity index (χ0n) is 6.42. The minimum Gasteiger partial charge on any atom is -0.503 e. The van der Waals surface area contributed by atoms with E-state index < -0.39 is 11.3 Å². The normalized spacial score (nSPS) is 9.83. The van der Waals surface area contributed by atoms with Gasteiger partial charge in [-0.25, -0.2) is 0 Å². The number of nitrogens with one attached hydrogen (secondary N) is 1. The van der Waals surface area contributed by atoms with Gasteiger partial charge in [-0.15, -0.1) is 0 Å². The lowest BCUT2D eigenvalue weighted by atomic mass is 10.2. The molecule has 0 atom stereocenters. The molecule has 0 aromatic carbocycles. The van der Waals surface area contributed by atoms with Crippen molar-refractivity contribution >= 4 is 5.82 Å². The molecule has 0 saturated heterocycles. The van der Waals surface area contributed by atoms with E-state index in [9.17, 15) is 4.79 Å². The Hall–Kier alpha value is -1.69. The summed E-state index contributed by atoms with van der Waals surface area (Å²) in [4.78, 5) is 17.4. The number of H-pyrrole nitrogens is 1. The molecule has 0 bridgehead atoms. The Morgan fingerprint density at radius 3 is 2.67 bits per heavy atom. The van der Waals surface area contributed by atoms with E-state index in [1.165, 1.54) is 6.92 Å². The van der Waals surface area contributed by atoms with Gasteiger partial charge in [0.05, 0.1) is 0 Å². The first-order chi connectivity index (χ1) is 5.57. The molecular weight excluding hydrogens is 162 g/mol. The van der Waals surface area contributed by atoms with Crippen molar-refractivity contribution in [1.82, 2.24) is 4.98 Å². The minimum absolute atomic E-state index is 0.00204. The average molecular weight is 171 g/mol. The van der Waals surface area contributed by atoms with Crippen LogP contribution in [-0.4, -0.2) is 10.1 Å². The van der Waals surface area contributed by atoms with Crippen LogP contribution in [0.4, 0.5) is 5.82 Å². The van der Waals surface area contributed by atoms with Gasteiger partial charge in [-0.05, 0) is 6.92 Å². The van der Waals surface area contributed by atoms with Crippen molar-refractivity contribution in [1.29, 1.82) is 0 Å². The van der Waals surface area contributed by atoms with Gasteiger partial charge in [0.15, 0.2) is 11.5 Å². The summed E-state index contributed by atoms with van der Waals surface area (Å²) in [6.45, 7) is 1.48. The van der Waals surface area contributed by atoms with E-state index in [1.54, 1.807) is 0 Å². The Kier molecular flexibility index (Phi) is 1.92. The maximum atomic E-state index is 10.8. The summed E-state index contributed by atoms with van der Waals surface area (Å²) in [5.41, 5.74) is 4.89. The van der Waals surface area contributed by atoms with E-state index in [-0.39, 0.29) is 17.1 Å². The van der Waals surface area contributed by atoms with Crippen molar-refractivity contribution in [2.24, 2.45) is 5.90 Å². The van der Waals surface area contributed by atoms with E-state index in [0.717, 1.165) is 0 Å². The molecule has 12 heavy (non-hydrogen) atoms. The first kappa shape index (κ1) is 8.41. The van der Waals surface area contributed by atoms with Gasteiger partial charge in [0.1, 0.15) is 5.82 Å². The topological polar surface area (TPSA) is 114 Å². The van der Waals surface area contributed by atoms with Gasteiger partial charge >= 0.3 is 0 Å². The summed E-state index contributed by atoms with van der Waals surface area (Å²) in [5.74, 6) is 4.49. The quantitative estimate of drug-likeness (QED) is 0.414. The van der Waals surface area contributed by atoms with E-state index in [4.69, 9.17) is 16.7 Å². The number of aromatic hydroxyl groups is 1. The molecule has 6 N–H and O–H groups in total. The first-order valence-corrected chi connectivity index (χ1v) is 3.16. The Balaban J connectivity index is 3.51. The van der Waals surface area contributed by atoms with Crippen molar-refractivity contribution < 1.29 is 9.94 Å². The smallest absolute Gasteiger partial charge is 0.292 e. The number of nitrogens with two attached hydrogens (primary N) is 2. The van der Waals surface area contributed by atoms with Crippen LogP contribution in [-0.2, 0) is 0 Å². The molecule has 0 radical (unpaired) electrons. The number of aromatic amines is 1. The Labute approximate surface area is 67.7 Å². The molecule has 6 nitrogen and oxygen atoms in total. The van der Waals surface area contributed by atoms with Gasteiger partial charge in [0, 0.05) is 5.56 Å². The molecule has 0 amide bonds. The first-order valence-electron chi connectivity index (χ1n) is 3.16. The number of hydrogen-bond donors (Lipinski definition) is 4. The summed E-state index contributed by atoms with van der Waals surface area (Å²) in [6.07, 6.45) is 0. The van der Waals surface area contributed by atoms with Crippen molar-refractivity contribution in [2.45, 2.75) is 6.92 Å². The fourth-order valence-electron chi connectivity index (χ4n) is 0.870. The Bertz CT molecular complexity index is 358. The highest BCUT2D eigenvalue weighted by atomic mass is 16.6. The van der Waals surface area contributed by atoms with Crippen LogP contribution in [0, 0.1) is 6.92 Å². The summed E-state index contributed by atoms with van der Waals surface area (Å²) in [7, 11) is 0. The lowest BCUT2D eigenvalue weighted by molar-refractivity contribution is 0.329. The summed E-state index contributed by atoms with van der Waals surface area (Å²) < 4.78 is 0. The van der Waals surface area contributed by atoms with Gasteiger partial charge in [-0.1, -0.05) is 0 Å². The third kappa shape index (κ3) is 1.08. The van der Waals surface area contributed by atoms with E-state index in [1.807, 2.05) is 0 Å². The molecule has 1 heterocycles. The number of rotatable bonds is 1. The van der Waals surface area contributed by atoms with Crippen LogP contribution in [0.2, 0.25) is 0 Å². The van der Waals surface area contributed by atoms with Crippen LogP contribution in [0.1, 0.15) is 5.56 Å². The minimum atomic E-state index is -0.661. The van der Waals surface area contributed by atoms with Gasteiger partial charge in [-0.3, -0.25) is 4.79 Å². The molecule has 0 aliphatic heterocycles. The van der Waals surface area contributed by atoms with E-state index in [0.29, 0.717) is 0 Å². The number of anilines is 1. The van der Waals surface area contributed by atoms with Gasteiger partial charge in [0.2, 0.25) is 0 Å². The molecule has 1 aromatic rings. The molecule has 0 unspecified atom stereocenters. The number of nitrogen functional groups attached to an aromatic ring is 1. The Morgan fingerprint density at radius 2 is 2.17 bits per heavy atom. The van der Waals surface area contributed by atoms with Crippen LogP contribution in [0.15, 0.2) is 4.79 Å². The van der Waals surface area contributed by atoms with E-state index >= 15 is 0 Å². The zero-order valence-corrected chi connectivity index (χ0v) is 6.42. The zero-order chi connectivity index (χ0) is 9.30. The lowest BCUT2D eigenvalue weighted by Gasteiger charge is -2.06. The second-order valence-corrected chi connectivity index (χ2v) is 2.29. The standard InChI is InChI=1S/C6H9N3O3/c1-2-3(10)6(11)9-5(7)4(2)12-8/h10H,8H2,1H3,(H3,7,9,11). The molecule has 66 valence electrons. The monoisotopic (exact) mass is 171 g/mol. The summed E-state index contributed by atoms with van der Waals surface area (Å²) in [6, 6.07) is 0. The summed E-state index contributed by atoms with van der Waals surface area (Å²) in [5, 5.41) is 9.11. The molecule has 0 aliphatic rings. The third-order valence-corrected chi connectivity index (χ3v) is 1.52. The molecular formula is C6H9N3O3. The fourth-order valence-corrected chi connectivity index (χ4v) is 0.870. The molecule has 0 spiro atoms. The van der Waals surface area contributed by atoms with Crippen molar-refractivity contribution in [3.63, 3.8) is 0 Å². The Morgan fingerprint density at radius 1 is 1.58 bits per heavy atom. The molecule has 0 fully saturated rings. The van der Waals surface area contributed by atoms with Crippen LogP contribution >= 0.6 is 0 Å². The average Bonchev–Trinajstić information content (AvgIpc) is 2.01. The van der Waals surface area contributed by atoms with Crippen molar-refractivity contribution in [3.8, 4) is 11.5 Å². The molecule has 0 aliphatic carbocycles. The van der Waals surface area contributed by atoms with Crippen molar-refractivity contribution in [2.75, 3.05) is 5.73 Å². The van der Waals surface area contributed by atoms with Gasteiger partial charge in [0.25, 0.3) is 5.56 Å². The second kappa shape index (κ2) is 2.74. The molecule has 1 aromatic heterocycles. The predicted molar refractivity (Wildman–Crippen MR) is 42.7 cm³/mol. The molecule has 1 rings (SSSR count). The number of aromatic nitrogens is 1. The highest BCUT2D eigenvalue weighted by Crippen LogP contribution is 2.26. The highest BCUT2D eigenvalue weighted by molar-refractivity contribution is 5.54. The van der Waals surface area contributed by atoms with Crippen LogP contribution in [0.3, 0.4) is 0 Å². The summed E-state index contributed by atoms with van der Waals surface area (Å²) >= 11 is 0. The van der Waals surface area contributed by atoms with Gasteiger partial charge < -0.3 is 20.7 Å². The predicted octanol–water partition coefficient (Wildman–Crippen LogP) is -0.776. The maximum absolute atomic E-state index is 10.8. The van der Waals surface area contributed by atoms with Crippen LogP contribution in [0.5, 0.6) is 11.5 Å². The molecule has 6 heteroatoms.